The molecule has 0 aliphatic rings. The molecule has 11 nitrogen and oxygen atoms in total. The van der Waals surface area contributed by atoms with Crippen LogP contribution in [0.1, 0.15) is 27.2 Å². The van der Waals surface area contributed by atoms with Crippen LogP contribution in [0.3, 0.4) is 0 Å². The zero-order valence-corrected chi connectivity index (χ0v) is 27.4. The molecule has 0 spiro atoms. The number of nitrogens with zero attached hydrogens (tertiary/aromatic N) is 2. The summed E-state index contributed by atoms with van der Waals surface area (Å²) in [6, 6.07) is 19.3. The number of carbonyl (C=O) groups excluding carboxylic acids is 4. The third-order valence-corrected chi connectivity index (χ3v) is 7.71. The average Bonchev–Trinajstić information content (AvgIpc) is 3.07. The molecule has 13 heteroatoms. The predicted octanol–water partition coefficient (Wildman–Crippen LogP) is 5.31. The molecule has 4 rings (SSSR count). The van der Waals surface area contributed by atoms with Crippen LogP contribution in [0.4, 0.5) is 10.5 Å². The molecule has 0 unspecified atom stereocenters. The lowest BCUT2D eigenvalue weighted by atomic mass is 10.1. The number of alkyl carbamates (subject to hydrolysis) is 1. The maximum absolute atomic E-state index is 13.0. The van der Waals surface area contributed by atoms with Gasteiger partial charge in [0.25, 0.3) is 5.91 Å². The highest BCUT2D eigenvalue weighted by Gasteiger charge is 2.19. The van der Waals surface area contributed by atoms with Gasteiger partial charge in [-0.15, -0.1) is 0 Å². The maximum Gasteiger partial charge on any atom is 0.406 e. The number of fused-ring (bicyclic) bond motifs is 1. The molecule has 0 saturated heterocycles. The van der Waals surface area contributed by atoms with Crippen molar-refractivity contribution in [2.24, 2.45) is 0 Å². The molecule has 47 heavy (non-hydrogen) atoms. The monoisotopic (exact) mass is 677 g/mol. The quantitative estimate of drug-likeness (QED) is 0.136. The number of pyridine rings is 1. The fourth-order valence-corrected chi connectivity index (χ4v) is 4.94. The first-order valence-corrected chi connectivity index (χ1v) is 15.2. The summed E-state index contributed by atoms with van der Waals surface area (Å²) in [7, 11) is 2.99. The molecule has 3 N–H and O–H groups in total. The molecule has 0 saturated carbocycles. The van der Waals surface area contributed by atoms with Crippen LogP contribution in [0.2, 0.25) is 10.0 Å². The van der Waals surface area contributed by atoms with E-state index >= 15 is 0 Å². The molecule has 0 radical (unpaired) electrons. The number of aryl methyl sites for hydroxylation is 1. The number of hydrogen-bond donors (Lipinski definition) is 3. The lowest BCUT2D eigenvalue weighted by Gasteiger charge is -2.21. The maximum atomic E-state index is 13.0. The highest BCUT2D eigenvalue weighted by molar-refractivity contribution is 6.38. The highest BCUT2D eigenvalue weighted by Crippen LogP contribution is 2.35. The number of aromatic nitrogens is 1. The molecule has 4 aromatic rings. The minimum atomic E-state index is -0.580. The standard InChI is InChI=1S/C34H33Cl2N5O6/c1-21-7-11-23-5-4-6-28(32(23)40-21)47-20-25-26(35)14-15-27(31(25)36)41(3)30(43)19-39-29(42)16-10-22-8-12-24(13-9-22)33(44)38-17-18-46-34(45)37-2/h4-16H,17-20H2,1-3H3,(H,37,45)(H,38,44)(H,39,42). The topological polar surface area (TPSA) is 139 Å². The number of rotatable bonds is 12. The van der Waals surface area contributed by atoms with Gasteiger partial charge in [-0.3, -0.25) is 14.4 Å². The van der Waals surface area contributed by atoms with Crippen LogP contribution in [0.25, 0.3) is 17.0 Å². The minimum Gasteiger partial charge on any atom is -0.487 e. The van der Waals surface area contributed by atoms with Gasteiger partial charge in [0.05, 0.1) is 23.8 Å². The van der Waals surface area contributed by atoms with Crippen LogP contribution in [-0.4, -0.2) is 62.6 Å². The summed E-state index contributed by atoms with van der Waals surface area (Å²) in [5.74, 6) is -0.654. The fourth-order valence-electron chi connectivity index (χ4n) is 4.34. The van der Waals surface area contributed by atoms with Crippen LogP contribution in [0.5, 0.6) is 5.75 Å². The van der Waals surface area contributed by atoms with Gasteiger partial charge in [-0.05, 0) is 55.0 Å². The van der Waals surface area contributed by atoms with E-state index in [-0.39, 0.29) is 37.2 Å². The van der Waals surface area contributed by atoms with Crippen LogP contribution in [0, 0.1) is 6.92 Å². The van der Waals surface area contributed by atoms with Gasteiger partial charge in [-0.2, -0.15) is 0 Å². The number of ether oxygens (including phenoxy) is 2. The van der Waals surface area contributed by atoms with E-state index in [0.717, 1.165) is 16.6 Å². The zero-order chi connectivity index (χ0) is 33.9. The summed E-state index contributed by atoms with van der Waals surface area (Å²) in [5, 5.41) is 9.08. The Morgan fingerprint density at radius 1 is 0.957 bits per heavy atom. The number of benzene rings is 3. The summed E-state index contributed by atoms with van der Waals surface area (Å²) in [4.78, 5) is 54.6. The summed E-state index contributed by atoms with van der Waals surface area (Å²) in [6.07, 6.45) is 2.26. The largest absolute Gasteiger partial charge is 0.487 e. The molecule has 0 aliphatic heterocycles. The Kier molecular flexibility index (Phi) is 12.1. The van der Waals surface area contributed by atoms with E-state index in [2.05, 4.69) is 20.9 Å². The third kappa shape index (κ3) is 9.44. The van der Waals surface area contributed by atoms with Gasteiger partial charge in [-0.25, -0.2) is 9.78 Å². The second-order valence-electron chi connectivity index (χ2n) is 10.2. The molecule has 1 aromatic heterocycles. The molecule has 0 atom stereocenters. The van der Waals surface area contributed by atoms with E-state index < -0.39 is 17.9 Å². The molecule has 0 aliphatic carbocycles. The van der Waals surface area contributed by atoms with Crippen molar-refractivity contribution in [2.45, 2.75) is 13.5 Å². The van der Waals surface area contributed by atoms with Gasteiger partial charge in [-0.1, -0.05) is 53.5 Å². The fraction of sp³-hybridized carbons (Fsp3) is 0.206. The Labute approximate surface area is 281 Å². The smallest absolute Gasteiger partial charge is 0.406 e. The van der Waals surface area contributed by atoms with E-state index in [1.165, 1.54) is 18.0 Å². The van der Waals surface area contributed by atoms with Crippen LogP contribution in [-0.2, 0) is 20.9 Å². The lowest BCUT2D eigenvalue weighted by molar-refractivity contribution is -0.122. The summed E-state index contributed by atoms with van der Waals surface area (Å²) in [5.41, 5.74) is 3.54. The van der Waals surface area contributed by atoms with Gasteiger partial charge in [0, 0.05) is 47.4 Å². The second-order valence-corrected chi connectivity index (χ2v) is 11.0. The molecule has 1 heterocycles. The number of carbonyl (C=O) groups is 4. The van der Waals surface area contributed by atoms with Gasteiger partial charge in [0.15, 0.2) is 0 Å². The van der Waals surface area contributed by atoms with Crippen molar-refractivity contribution in [3.8, 4) is 5.75 Å². The number of hydrogen-bond acceptors (Lipinski definition) is 7. The van der Waals surface area contributed by atoms with E-state index in [9.17, 15) is 19.2 Å². The second kappa shape index (κ2) is 16.4. The van der Waals surface area contributed by atoms with Gasteiger partial charge < -0.3 is 30.3 Å². The number of anilines is 1. The van der Waals surface area contributed by atoms with Gasteiger partial charge in [0.1, 0.15) is 24.5 Å². The summed E-state index contributed by atoms with van der Waals surface area (Å²) < 4.78 is 10.9. The van der Waals surface area contributed by atoms with Crippen molar-refractivity contribution in [1.82, 2.24) is 20.9 Å². The van der Waals surface area contributed by atoms with E-state index in [1.54, 1.807) is 49.5 Å². The van der Waals surface area contributed by atoms with Crippen LogP contribution in [0.15, 0.2) is 72.8 Å². The van der Waals surface area contributed by atoms with E-state index in [0.29, 0.717) is 33.1 Å². The SMILES string of the molecule is CNC(=O)OCCNC(=O)c1ccc(C=CC(=O)NCC(=O)N(C)c2ccc(Cl)c(COc3cccc4ccc(C)nc34)c2Cl)cc1. The number of likely N-dealkylation sites (N-methyl/N-ethyl adjacent to an activating group) is 1. The van der Waals surface area contributed by atoms with Crippen LogP contribution < -0.4 is 25.6 Å². The van der Waals surface area contributed by atoms with Gasteiger partial charge >= 0.3 is 6.09 Å². The van der Waals surface area contributed by atoms with Gasteiger partial charge in [0.2, 0.25) is 11.8 Å². The average molecular weight is 679 g/mol. The molecule has 0 bridgehead atoms. The third-order valence-electron chi connectivity index (χ3n) is 6.93. The Morgan fingerprint density at radius 2 is 1.72 bits per heavy atom. The number of para-hydroxylation sites is 1. The first kappa shape index (κ1) is 34.7. The Morgan fingerprint density at radius 3 is 2.47 bits per heavy atom. The lowest BCUT2D eigenvalue weighted by Crippen LogP contribution is -2.37. The molecule has 4 amide bonds. The molecule has 244 valence electrons. The van der Waals surface area contributed by atoms with Crippen molar-refractivity contribution >= 4 is 69.7 Å². The van der Waals surface area contributed by atoms with Crippen molar-refractivity contribution < 1.29 is 28.7 Å². The van der Waals surface area contributed by atoms with Crippen LogP contribution >= 0.6 is 23.2 Å². The first-order valence-electron chi connectivity index (χ1n) is 14.5. The molecule has 0 fully saturated rings. The number of amides is 4. The molecular formula is C34H33Cl2N5O6. The van der Waals surface area contributed by atoms with Crippen molar-refractivity contribution in [3.63, 3.8) is 0 Å². The summed E-state index contributed by atoms with van der Waals surface area (Å²) >= 11 is 13.2. The van der Waals surface area contributed by atoms with Crippen molar-refractivity contribution in [1.29, 1.82) is 0 Å². The minimum absolute atomic E-state index is 0.0345. The first-order chi connectivity index (χ1) is 22.6. The number of halogens is 2. The number of nitrogens with one attached hydrogen (secondary N) is 3. The Hall–Kier alpha value is -5.13. The Balaban J connectivity index is 1.30. The van der Waals surface area contributed by atoms with Crippen molar-refractivity contribution in [2.75, 3.05) is 38.7 Å². The Bertz CT molecular complexity index is 1810. The van der Waals surface area contributed by atoms with E-state index in [1.807, 2.05) is 37.3 Å². The highest BCUT2D eigenvalue weighted by atomic mass is 35.5. The summed E-state index contributed by atoms with van der Waals surface area (Å²) in [6.45, 7) is 1.86. The predicted molar refractivity (Wildman–Crippen MR) is 182 cm³/mol. The normalized spacial score (nSPS) is 10.8. The van der Waals surface area contributed by atoms with E-state index in [4.69, 9.17) is 32.7 Å². The molecule has 3 aromatic carbocycles. The zero-order valence-electron chi connectivity index (χ0n) is 25.9. The molecular weight excluding hydrogens is 645 g/mol. The van der Waals surface area contributed by atoms with Crippen molar-refractivity contribution in [3.05, 3.63) is 105 Å².